The van der Waals surface area contributed by atoms with Gasteiger partial charge in [-0.1, -0.05) is 30.3 Å². The molecule has 2 amide bonds. The van der Waals surface area contributed by atoms with E-state index in [4.69, 9.17) is 9.47 Å². The molecule has 2 aliphatic heterocycles. The number of amides is 2. The minimum atomic E-state index is -0.506. The summed E-state index contributed by atoms with van der Waals surface area (Å²) < 4.78 is 11.2. The van der Waals surface area contributed by atoms with E-state index in [2.05, 4.69) is 0 Å². The van der Waals surface area contributed by atoms with E-state index < -0.39 is 11.2 Å². The van der Waals surface area contributed by atoms with E-state index in [1.807, 2.05) is 58.0 Å². The molecular formula is C20H28N2O4. The molecule has 0 bridgehead atoms. The summed E-state index contributed by atoms with van der Waals surface area (Å²) in [4.78, 5) is 28.2. The lowest BCUT2D eigenvalue weighted by Crippen LogP contribution is -2.49. The third kappa shape index (κ3) is 3.94. The summed E-state index contributed by atoms with van der Waals surface area (Å²) >= 11 is 0. The number of likely N-dealkylation sites (tertiary alicyclic amines) is 1. The van der Waals surface area contributed by atoms with Crippen LogP contribution in [0.15, 0.2) is 30.3 Å². The monoisotopic (exact) mass is 360 g/mol. The Labute approximate surface area is 155 Å². The van der Waals surface area contributed by atoms with Gasteiger partial charge in [0, 0.05) is 25.9 Å². The summed E-state index contributed by atoms with van der Waals surface area (Å²) in [6, 6.07) is 9.92. The minimum absolute atomic E-state index is 0.0352. The van der Waals surface area contributed by atoms with Crippen LogP contribution in [-0.2, 0) is 9.47 Å². The average Bonchev–Trinajstić information content (AvgIpc) is 2.90. The van der Waals surface area contributed by atoms with Crippen molar-refractivity contribution in [1.29, 1.82) is 0 Å². The van der Waals surface area contributed by atoms with Gasteiger partial charge < -0.3 is 14.4 Å². The van der Waals surface area contributed by atoms with Crippen molar-refractivity contribution in [2.24, 2.45) is 0 Å². The molecule has 2 fully saturated rings. The van der Waals surface area contributed by atoms with Gasteiger partial charge in [-0.25, -0.2) is 9.59 Å². The molecule has 6 nitrogen and oxygen atoms in total. The SMILES string of the molecule is CC(c1ccccc1)N1CC2(CCN(C(=O)OC(C)(C)C)CC2)OC1=O. The molecule has 0 radical (unpaired) electrons. The van der Waals surface area contributed by atoms with Crippen LogP contribution in [0, 0.1) is 0 Å². The van der Waals surface area contributed by atoms with Crippen LogP contribution in [0.5, 0.6) is 0 Å². The zero-order valence-electron chi connectivity index (χ0n) is 16.0. The largest absolute Gasteiger partial charge is 0.444 e. The number of hydrogen-bond donors (Lipinski definition) is 0. The molecule has 2 heterocycles. The quantitative estimate of drug-likeness (QED) is 0.801. The van der Waals surface area contributed by atoms with Crippen molar-refractivity contribution < 1.29 is 19.1 Å². The molecule has 3 rings (SSSR count). The molecule has 1 atom stereocenters. The summed E-state index contributed by atoms with van der Waals surface area (Å²) in [5.41, 5.74) is 0.0831. The molecule has 1 unspecified atom stereocenters. The van der Waals surface area contributed by atoms with Gasteiger partial charge in [-0.3, -0.25) is 4.90 Å². The Morgan fingerprint density at radius 3 is 2.38 bits per heavy atom. The number of ether oxygens (including phenoxy) is 2. The number of hydrogen-bond acceptors (Lipinski definition) is 4. The Morgan fingerprint density at radius 1 is 1.19 bits per heavy atom. The van der Waals surface area contributed by atoms with E-state index in [0.29, 0.717) is 32.5 Å². The fraction of sp³-hybridized carbons (Fsp3) is 0.600. The topological polar surface area (TPSA) is 59.1 Å². The van der Waals surface area contributed by atoms with Gasteiger partial charge in [0.15, 0.2) is 0 Å². The van der Waals surface area contributed by atoms with E-state index in [1.54, 1.807) is 9.80 Å². The molecule has 6 heteroatoms. The van der Waals surface area contributed by atoms with Crippen molar-refractivity contribution in [3.05, 3.63) is 35.9 Å². The summed E-state index contributed by atoms with van der Waals surface area (Å²) in [6.45, 7) is 9.23. The van der Waals surface area contributed by atoms with Gasteiger partial charge >= 0.3 is 12.2 Å². The first-order chi connectivity index (χ1) is 12.2. The van der Waals surface area contributed by atoms with Gasteiger partial charge in [-0.15, -0.1) is 0 Å². The predicted octanol–water partition coefficient (Wildman–Crippen LogP) is 3.97. The fourth-order valence-corrected chi connectivity index (χ4v) is 3.54. The Hall–Kier alpha value is -2.24. The molecule has 26 heavy (non-hydrogen) atoms. The highest BCUT2D eigenvalue weighted by atomic mass is 16.6. The van der Waals surface area contributed by atoms with Crippen molar-refractivity contribution in [3.63, 3.8) is 0 Å². The molecule has 2 aliphatic rings. The Balaban J connectivity index is 1.61. The molecule has 1 spiro atoms. The summed E-state index contributed by atoms with van der Waals surface area (Å²) in [5.74, 6) is 0. The molecule has 0 N–H and O–H groups in total. The summed E-state index contributed by atoms with van der Waals surface area (Å²) in [7, 11) is 0. The van der Waals surface area contributed by atoms with E-state index in [1.165, 1.54) is 0 Å². The first-order valence-electron chi connectivity index (χ1n) is 9.22. The molecule has 0 aromatic heterocycles. The Kier molecular flexibility index (Phi) is 4.86. The highest BCUT2D eigenvalue weighted by molar-refractivity contribution is 5.72. The van der Waals surface area contributed by atoms with E-state index in [0.717, 1.165) is 5.56 Å². The van der Waals surface area contributed by atoms with Gasteiger partial charge in [0.1, 0.15) is 11.2 Å². The highest BCUT2D eigenvalue weighted by Gasteiger charge is 2.49. The molecule has 142 valence electrons. The number of benzene rings is 1. The van der Waals surface area contributed by atoms with Crippen molar-refractivity contribution in [2.75, 3.05) is 19.6 Å². The van der Waals surface area contributed by atoms with Gasteiger partial charge in [-0.2, -0.15) is 0 Å². The van der Waals surface area contributed by atoms with Crippen LogP contribution in [0.25, 0.3) is 0 Å². The lowest BCUT2D eigenvalue weighted by atomic mass is 9.91. The number of nitrogens with zero attached hydrogens (tertiary/aromatic N) is 2. The second-order valence-electron chi connectivity index (χ2n) is 8.23. The first kappa shape index (κ1) is 18.5. The van der Waals surface area contributed by atoms with Crippen LogP contribution >= 0.6 is 0 Å². The lowest BCUT2D eigenvalue weighted by molar-refractivity contribution is -0.0171. The minimum Gasteiger partial charge on any atom is -0.444 e. The molecule has 0 saturated carbocycles. The molecule has 2 saturated heterocycles. The maximum absolute atomic E-state index is 12.5. The zero-order chi connectivity index (χ0) is 18.9. The van der Waals surface area contributed by atoms with Crippen LogP contribution in [-0.4, -0.2) is 52.8 Å². The smallest absolute Gasteiger partial charge is 0.411 e. The number of carbonyl (C=O) groups is 2. The van der Waals surface area contributed by atoms with Gasteiger partial charge in [0.25, 0.3) is 0 Å². The Bertz CT molecular complexity index is 660. The van der Waals surface area contributed by atoms with E-state index >= 15 is 0 Å². The zero-order valence-corrected chi connectivity index (χ0v) is 16.0. The maximum atomic E-state index is 12.5. The predicted molar refractivity (Wildman–Crippen MR) is 97.8 cm³/mol. The molecular weight excluding hydrogens is 332 g/mol. The Morgan fingerprint density at radius 2 is 1.81 bits per heavy atom. The number of piperidine rings is 1. The van der Waals surface area contributed by atoms with E-state index in [9.17, 15) is 9.59 Å². The summed E-state index contributed by atoms with van der Waals surface area (Å²) in [5, 5.41) is 0. The maximum Gasteiger partial charge on any atom is 0.411 e. The summed E-state index contributed by atoms with van der Waals surface area (Å²) in [6.07, 6.45) is 0.699. The fourth-order valence-electron chi connectivity index (χ4n) is 3.54. The van der Waals surface area contributed by atoms with Gasteiger partial charge in [0.05, 0.1) is 12.6 Å². The van der Waals surface area contributed by atoms with Crippen molar-refractivity contribution in [1.82, 2.24) is 9.80 Å². The highest BCUT2D eigenvalue weighted by Crippen LogP contribution is 2.37. The van der Waals surface area contributed by atoms with Gasteiger partial charge in [-0.05, 0) is 33.3 Å². The van der Waals surface area contributed by atoms with E-state index in [-0.39, 0.29) is 18.2 Å². The number of carbonyl (C=O) groups excluding carboxylic acids is 2. The lowest BCUT2D eigenvalue weighted by Gasteiger charge is -2.38. The average molecular weight is 360 g/mol. The molecule has 1 aromatic rings. The second kappa shape index (κ2) is 6.82. The van der Waals surface area contributed by atoms with Crippen LogP contribution < -0.4 is 0 Å². The van der Waals surface area contributed by atoms with Crippen LogP contribution in [0.1, 0.15) is 52.1 Å². The molecule has 0 aliphatic carbocycles. The van der Waals surface area contributed by atoms with Crippen LogP contribution in [0.2, 0.25) is 0 Å². The van der Waals surface area contributed by atoms with Crippen molar-refractivity contribution in [2.45, 2.75) is 57.8 Å². The normalized spacial score (nSPS) is 20.8. The first-order valence-corrected chi connectivity index (χ1v) is 9.22. The third-order valence-electron chi connectivity index (χ3n) is 5.07. The van der Waals surface area contributed by atoms with Crippen LogP contribution in [0.3, 0.4) is 0 Å². The van der Waals surface area contributed by atoms with Crippen LogP contribution in [0.4, 0.5) is 9.59 Å². The standard InChI is InChI=1S/C20H28N2O4/c1-15(16-8-6-5-7-9-16)22-14-20(26-18(22)24)10-12-21(13-11-20)17(23)25-19(2,3)4/h5-9,15H,10-14H2,1-4H3. The van der Waals surface area contributed by atoms with Crippen molar-refractivity contribution in [3.8, 4) is 0 Å². The van der Waals surface area contributed by atoms with Gasteiger partial charge in [0.2, 0.25) is 0 Å². The molecule has 1 aromatic carbocycles. The number of rotatable bonds is 2. The van der Waals surface area contributed by atoms with Crippen molar-refractivity contribution >= 4 is 12.2 Å². The second-order valence-corrected chi connectivity index (χ2v) is 8.23. The third-order valence-corrected chi connectivity index (χ3v) is 5.07.